The predicted molar refractivity (Wildman–Crippen MR) is 66.0 cm³/mol. The quantitative estimate of drug-likeness (QED) is 0.648. The third kappa shape index (κ3) is 2.82. The zero-order valence-electron chi connectivity index (χ0n) is 9.50. The number of hydrogen-bond acceptors (Lipinski definition) is 4. The molecule has 100 valence electrons. The number of aliphatic carboxylic acids is 1. The molecule has 2 atom stereocenters. The number of nitrogens with zero attached hydrogens (tertiary/aromatic N) is 1. The summed E-state index contributed by atoms with van der Waals surface area (Å²) in [6.45, 7) is 0. The smallest absolute Gasteiger partial charge is 0.307 e. The molecule has 0 bridgehead atoms. The Morgan fingerprint density at radius 3 is 2.58 bits per heavy atom. The first-order chi connectivity index (χ1) is 8.90. The summed E-state index contributed by atoms with van der Waals surface area (Å²) in [4.78, 5) is 32.2. The molecule has 1 aliphatic carbocycles. The molecule has 7 nitrogen and oxygen atoms in total. The van der Waals surface area contributed by atoms with Crippen LogP contribution in [0.5, 0.6) is 0 Å². The Hall–Kier alpha value is -2.15. The molecule has 2 N–H and O–H groups in total. The van der Waals surface area contributed by atoms with Crippen LogP contribution in [0.2, 0.25) is 5.02 Å². The van der Waals surface area contributed by atoms with Gasteiger partial charge in [-0.05, 0) is 18.6 Å². The topological polar surface area (TPSA) is 110 Å². The second-order valence-corrected chi connectivity index (χ2v) is 4.61. The van der Waals surface area contributed by atoms with E-state index in [1.54, 1.807) is 0 Å². The van der Waals surface area contributed by atoms with Crippen molar-refractivity contribution in [2.45, 2.75) is 6.42 Å². The van der Waals surface area contributed by atoms with Crippen LogP contribution in [0.25, 0.3) is 0 Å². The molecule has 0 aromatic heterocycles. The van der Waals surface area contributed by atoms with Crippen molar-refractivity contribution in [1.82, 2.24) is 0 Å². The van der Waals surface area contributed by atoms with Gasteiger partial charge in [-0.3, -0.25) is 19.7 Å². The number of amides is 1. The molecular weight excluding hydrogens is 276 g/mol. The van der Waals surface area contributed by atoms with Crippen molar-refractivity contribution in [2.75, 3.05) is 5.32 Å². The number of hydrogen-bond donors (Lipinski definition) is 2. The zero-order valence-corrected chi connectivity index (χ0v) is 10.3. The number of anilines is 1. The van der Waals surface area contributed by atoms with Gasteiger partial charge >= 0.3 is 5.97 Å². The van der Waals surface area contributed by atoms with Gasteiger partial charge in [0.15, 0.2) is 0 Å². The number of nitro groups is 1. The molecule has 1 amide bonds. The fraction of sp³-hybridized carbons (Fsp3) is 0.273. The summed E-state index contributed by atoms with van der Waals surface area (Å²) in [6.07, 6.45) is 0.307. The number of rotatable bonds is 4. The van der Waals surface area contributed by atoms with E-state index in [0.29, 0.717) is 12.1 Å². The van der Waals surface area contributed by atoms with E-state index in [2.05, 4.69) is 5.32 Å². The van der Waals surface area contributed by atoms with Gasteiger partial charge in [0.1, 0.15) is 5.02 Å². The standard InChI is InChI=1S/C11H9ClN2O5/c12-8-3-5(1-2-9(8)14(18)19)13-10(15)6-4-7(6)11(16)17/h1-3,6-7H,4H2,(H,13,15)(H,16,17)/t6-,7+/m1/s1. The fourth-order valence-electron chi connectivity index (χ4n) is 1.73. The number of carbonyl (C=O) groups is 2. The highest BCUT2D eigenvalue weighted by molar-refractivity contribution is 6.33. The number of carboxylic acid groups (broad SMARTS) is 1. The van der Waals surface area contributed by atoms with Crippen LogP contribution in [0.15, 0.2) is 18.2 Å². The first-order valence-electron chi connectivity index (χ1n) is 5.37. The molecule has 0 spiro atoms. The molecule has 0 heterocycles. The van der Waals surface area contributed by atoms with E-state index in [-0.39, 0.29) is 10.7 Å². The van der Waals surface area contributed by atoms with E-state index in [0.717, 1.165) is 0 Å². The Labute approximate surface area is 112 Å². The largest absolute Gasteiger partial charge is 0.481 e. The summed E-state index contributed by atoms with van der Waals surface area (Å²) in [5.74, 6) is -2.61. The molecule has 2 rings (SSSR count). The van der Waals surface area contributed by atoms with Gasteiger partial charge in [-0.2, -0.15) is 0 Å². The molecule has 1 aliphatic rings. The second kappa shape index (κ2) is 4.85. The van der Waals surface area contributed by atoms with Crippen LogP contribution >= 0.6 is 11.6 Å². The summed E-state index contributed by atoms with van der Waals surface area (Å²) >= 11 is 5.70. The van der Waals surface area contributed by atoms with Crippen LogP contribution < -0.4 is 5.32 Å². The maximum absolute atomic E-state index is 11.7. The van der Waals surface area contributed by atoms with Gasteiger partial charge in [-0.15, -0.1) is 0 Å². The average molecular weight is 285 g/mol. The molecule has 0 radical (unpaired) electrons. The van der Waals surface area contributed by atoms with E-state index in [1.165, 1.54) is 18.2 Å². The van der Waals surface area contributed by atoms with Crippen LogP contribution in [0.3, 0.4) is 0 Å². The maximum atomic E-state index is 11.7. The molecule has 1 fully saturated rings. The van der Waals surface area contributed by atoms with Gasteiger partial charge in [0.2, 0.25) is 5.91 Å². The third-order valence-corrected chi connectivity index (χ3v) is 3.16. The van der Waals surface area contributed by atoms with E-state index in [4.69, 9.17) is 16.7 Å². The van der Waals surface area contributed by atoms with Gasteiger partial charge in [-0.1, -0.05) is 11.6 Å². The van der Waals surface area contributed by atoms with Crippen molar-refractivity contribution in [3.8, 4) is 0 Å². The van der Waals surface area contributed by atoms with Crippen molar-refractivity contribution in [3.05, 3.63) is 33.3 Å². The van der Waals surface area contributed by atoms with Crippen LogP contribution in [0, 0.1) is 22.0 Å². The second-order valence-electron chi connectivity index (χ2n) is 4.20. The number of nitro benzene ring substituents is 1. The molecule has 1 saturated carbocycles. The van der Waals surface area contributed by atoms with Gasteiger partial charge in [0.05, 0.1) is 16.8 Å². The lowest BCUT2D eigenvalue weighted by molar-refractivity contribution is -0.384. The predicted octanol–water partition coefficient (Wildman–Crippen LogP) is 1.91. The maximum Gasteiger partial charge on any atom is 0.307 e. The number of nitrogens with one attached hydrogen (secondary N) is 1. The van der Waals surface area contributed by atoms with Crippen LogP contribution in [-0.2, 0) is 9.59 Å². The van der Waals surface area contributed by atoms with Crippen molar-refractivity contribution < 1.29 is 19.6 Å². The van der Waals surface area contributed by atoms with Crippen LogP contribution in [-0.4, -0.2) is 21.9 Å². The summed E-state index contributed by atoms with van der Waals surface area (Å²) in [7, 11) is 0. The lowest BCUT2D eigenvalue weighted by atomic mass is 10.2. The minimum atomic E-state index is -0.998. The Morgan fingerprint density at radius 2 is 2.11 bits per heavy atom. The van der Waals surface area contributed by atoms with Crippen molar-refractivity contribution in [2.24, 2.45) is 11.8 Å². The molecule has 19 heavy (non-hydrogen) atoms. The summed E-state index contributed by atoms with van der Waals surface area (Å²) < 4.78 is 0. The minimum Gasteiger partial charge on any atom is -0.481 e. The summed E-state index contributed by atoms with van der Waals surface area (Å²) in [5, 5.41) is 21.7. The highest BCUT2D eigenvalue weighted by Gasteiger charge is 2.48. The SMILES string of the molecule is O=C(O)[C@H]1C[C@H]1C(=O)Nc1ccc([N+](=O)[O-])c(Cl)c1. The summed E-state index contributed by atoms with van der Waals surface area (Å²) in [6, 6.07) is 3.79. The van der Waals surface area contributed by atoms with E-state index in [9.17, 15) is 19.7 Å². The number of benzene rings is 1. The number of carboxylic acids is 1. The zero-order chi connectivity index (χ0) is 14.2. The van der Waals surface area contributed by atoms with E-state index in [1.807, 2.05) is 0 Å². The van der Waals surface area contributed by atoms with Gasteiger partial charge in [-0.25, -0.2) is 0 Å². The van der Waals surface area contributed by atoms with Crippen molar-refractivity contribution in [1.29, 1.82) is 0 Å². The Morgan fingerprint density at radius 1 is 1.42 bits per heavy atom. The molecule has 0 aliphatic heterocycles. The fourth-order valence-corrected chi connectivity index (χ4v) is 1.97. The average Bonchev–Trinajstić information content (AvgIpc) is 3.08. The van der Waals surface area contributed by atoms with Crippen LogP contribution in [0.4, 0.5) is 11.4 Å². The minimum absolute atomic E-state index is 0.0895. The first kappa shape index (κ1) is 13.3. The third-order valence-electron chi connectivity index (χ3n) is 2.86. The van der Waals surface area contributed by atoms with Crippen LogP contribution in [0.1, 0.15) is 6.42 Å². The van der Waals surface area contributed by atoms with Gasteiger partial charge < -0.3 is 10.4 Å². The highest BCUT2D eigenvalue weighted by Crippen LogP contribution is 2.39. The Bertz CT molecular complexity index is 574. The molecular formula is C11H9ClN2O5. The Kier molecular flexibility index (Phi) is 3.39. The highest BCUT2D eigenvalue weighted by atomic mass is 35.5. The number of carbonyl (C=O) groups excluding carboxylic acids is 1. The van der Waals surface area contributed by atoms with E-state index >= 15 is 0 Å². The summed E-state index contributed by atoms with van der Waals surface area (Å²) in [5.41, 5.74) is 0.0474. The normalized spacial score (nSPS) is 20.7. The molecule has 0 saturated heterocycles. The lowest BCUT2D eigenvalue weighted by Gasteiger charge is -2.05. The first-order valence-corrected chi connectivity index (χ1v) is 5.75. The van der Waals surface area contributed by atoms with Gasteiger partial charge in [0.25, 0.3) is 5.69 Å². The van der Waals surface area contributed by atoms with Crippen molar-refractivity contribution in [3.63, 3.8) is 0 Å². The van der Waals surface area contributed by atoms with E-state index < -0.39 is 28.6 Å². The molecule has 8 heteroatoms. The van der Waals surface area contributed by atoms with Crippen molar-refractivity contribution >= 4 is 34.9 Å². The monoisotopic (exact) mass is 284 g/mol. The lowest BCUT2D eigenvalue weighted by Crippen LogP contribution is -2.16. The number of halogens is 1. The molecule has 0 unspecified atom stereocenters. The molecule has 1 aromatic rings. The molecule has 1 aromatic carbocycles. The van der Waals surface area contributed by atoms with Gasteiger partial charge in [0, 0.05) is 11.8 Å². The Balaban J connectivity index is 2.04.